The maximum absolute atomic E-state index is 12.4. The number of aromatic carboxylic acids is 1. The number of H-pyrrole nitrogens is 1. The molecule has 2 aliphatic rings. The van der Waals surface area contributed by atoms with E-state index in [2.05, 4.69) is 14.9 Å². The van der Waals surface area contributed by atoms with E-state index in [4.69, 9.17) is 5.11 Å². The number of carbonyl (C=O) groups is 1. The molecule has 1 heterocycles. The summed E-state index contributed by atoms with van der Waals surface area (Å²) in [6.07, 6.45) is 4.72. The Morgan fingerprint density at radius 2 is 2.19 bits per heavy atom. The molecule has 21 heavy (non-hydrogen) atoms. The third-order valence-electron chi connectivity index (χ3n) is 4.78. The van der Waals surface area contributed by atoms with Gasteiger partial charge in [0.25, 0.3) is 0 Å². The van der Waals surface area contributed by atoms with Gasteiger partial charge in [-0.2, -0.15) is 5.10 Å². The van der Waals surface area contributed by atoms with Gasteiger partial charge < -0.3 is 5.11 Å². The number of aromatic nitrogens is 2. The van der Waals surface area contributed by atoms with Crippen LogP contribution in [0.25, 0.3) is 0 Å². The molecule has 3 unspecified atom stereocenters. The van der Waals surface area contributed by atoms with Crippen LogP contribution < -0.4 is 4.72 Å². The molecular weight excluding hydrogens is 294 g/mol. The van der Waals surface area contributed by atoms with Crippen molar-refractivity contribution in [2.24, 2.45) is 17.8 Å². The first-order chi connectivity index (χ1) is 9.88. The minimum absolute atomic E-state index is 0.243. The van der Waals surface area contributed by atoms with Crippen molar-refractivity contribution in [1.29, 1.82) is 0 Å². The van der Waals surface area contributed by atoms with E-state index in [1.807, 2.05) is 0 Å². The van der Waals surface area contributed by atoms with Crippen molar-refractivity contribution in [2.45, 2.75) is 37.5 Å². The highest BCUT2D eigenvalue weighted by atomic mass is 32.2. The van der Waals surface area contributed by atoms with E-state index in [0.29, 0.717) is 18.4 Å². The number of sulfonamides is 1. The van der Waals surface area contributed by atoms with Crippen LogP contribution in [0.2, 0.25) is 0 Å². The first-order valence-corrected chi connectivity index (χ1v) is 8.64. The first kappa shape index (κ1) is 14.5. The van der Waals surface area contributed by atoms with Crippen LogP contribution >= 0.6 is 0 Å². The lowest BCUT2D eigenvalue weighted by atomic mass is 9.89. The molecule has 1 aromatic rings. The molecular formula is C13H19N3O4S. The van der Waals surface area contributed by atoms with Crippen LogP contribution in [0.3, 0.4) is 0 Å². The predicted molar refractivity (Wildman–Crippen MR) is 74.4 cm³/mol. The summed E-state index contributed by atoms with van der Waals surface area (Å²) >= 11 is 0. The van der Waals surface area contributed by atoms with Gasteiger partial charge in [0.2, 0.25) is 10.0 Å². The van der Waals surface area contributed by atoms with E-state index in [0.717, 1.165) is 12.3 Å². The topological polar surface area (TPSA) is 112 Å². The molecule has 2 saturated carbocycles. The van der Waals surface area contributed by atoms with E-state index >= 15 is 0 Å². The molecule has 3 atom stereocenters. The summed E-state index contributed by atoms with van der Waals surface area (Å²) in [5.41, 5.74) is -0.208. The minimum atomic E-state index is -3.85. The van der Waals surface area contributed by atoms with Crippen LogP contribution in [0, 0.1) is 24.7 Å². The number of hydrogen-bond acceptors (Lipinski definition) is 4. The minimum Gasteiger partial charge on any atom is -0.476 e. The van der Waals surface area contributed by atoms with Crippen LogP contribution in [-0.2, 0) is 10.0 Å². The summed E-state index contributed by atoms with van der Waals surface area (Å²) in [6.45, 7) is 1.89. The Morgan fingerprint density at radius 3 is 2.76 bits per heavy atom. The van der Waals surface area contributed by atoms with E-state index in [1.54, 1.807) is 0 Å². The number of rotatable bonds is 5. The molecule has 3 N–H and O–H groups in total. The van der Waals surface area contributed by atoms with E-state index in [1.165, 1.54) is 26.2 Å². The number of carboxylic acid groups (broad SMARTS) is 1. The van der Waals surface area contributed by atoms with Crippen LogP contribution in [0.15, 0.2) is 4.90 Å². The first-order valence-electron chi connectivity index (χ1n) is 7.16. The van der Waals surface area contributed by atoms with Gasteiger partial charge in [0.05, 0.1) is 5.69 Å². The molecule has 2 bridgehead atoms. The molecule has 2 aliphatic carbocycles. The predicted octanol–water partition coefficient (Wildman–Crippen LogP) is 1.13. The molecule has 116 valence electrons. The van der Waals surface area contributed by atoms with Gasteiger partial charge in [0.15, 0.2) is 5.69 Å². The summed E-state index contributed by atoms with van der Waals surface area (Å²) in [6, 6.07) is 0. The highest BCUT2D eigenvalue weighted by Gasteiger charge is 2.40. The van der Waals surface area contributed by atoms with Gasteiger partial charge in [-0.25, -0.2) is 17.9 Å². The average molecular weight is 313 g/mol. The number of carboxylic acids is 1. The van der Waals surface area contributed by atoms with Gasteiger partial charge in [-0.05, 0) is 43.9 Å². The number of nitrogens with zero attached hydrogens (tertiary/aromatic N) is 1. The summed E-state index contributed by atoms with van der Waals surface area (Å²) in [4.78, 5) is 10.8. The summed E-state index contributed by atoms with van der Waals surface area (Å²) in [5.74, 6) is 0.385. The van der Waals surface area contributed by atoms with Crippen molar-refractivity contribution < 1.29 is 18.3 Å². The van der Waals surface area contributed by atoms with Crippen molar-refractivity contribution >= 4 is 16.0 Å². The van der Waals surface area contributed by atoms with Gasteiger partial charge in [-0.1, -0.05) is 6.42 Å². The van der Waals surface area contributed by atoms with Crippen LogP contribution in [0.4, 0.5) is 0 Å². The Bertz CT molecular complexity index is 667. The number of aromatic amines is 1. The van der Waals surface area contributed by atoms with Gasteiger partial charge >= 0.3 is 5.97 Å². The van der Waals surface area contributed by atoms with E-state index in [9.17, 15) is 13.2 Å². The molecule has 0 saturated heterocycles. The van der Waals surface area contributed by atoms with Gasteiger partial charge in [-0.15, -0.1) is 0 Å². The van der Waals surface area contributed by atoms with Crippen molar-refractivity contribution in [3.63, 3.8) is 0 Å². The molecule has 0 radical (unpaired) electrons. The van der Waals surface area contributed by atoms with Crippen LogP contribution in [0.1, 0.15) is 41.9 Å². The second kappa shape index (κ2) is 5.10. The van der Waals surface area contributed by atoms with Gasteiger partial charge in [0, 0.05) is 6.54 Å². The van der Waals surface area contributed by atoms with Gasteiger partial charge in [-0.3, -0.25) is 5.10 Å². The van der Waals surface area contributed by atoms with Crippen LogP contribution in [0.5, 0.6) is 0 Å². The fourth-order valence-corrected chi connectivity index (χ4v) is 5.22. The summed E-state index contributed by atoms with van der Waals surface area (Å²) in [7, 11) is -3.85. The third kappa shape index (κ3) is 2.57. The standard InChI is InChI=1S/C13H19N3O4S/c1-7-12(11(13(17)18)16-15-7)21(19,20)14-6-10-5-8-2-3-9(10)4-8/h8-10,14H,2-6H2,1H3,(H,15,16)(H,17,18). The number of hydrogen-bond donors (Lipinski definition) is 3. The van der Waals surface area contributed by atoms with E-state index < -0.39 is 21.7 Å². The van der Waals surface area contributed by atoms with Crippen LogP contribution in [-0.4, -0.2) is 36.2 Å². The zero-order chi connectivity index (χ0) is 15.2. The lowest BCUT2D eigenvalue weighted by molar-refractivity contribution is 0.0686. The van der Waals surface area contributed by atoms with Crippen molar-refractivity contribution in [1.82, 2.24) is 14.9 Å². The molecule has 2 fully saturated rings. The Hall–Kier alpha value is -1.41. The molecule has 0 aliphatic heterocycles. The normalized spacial score (nSPS) is 28.1. The summed E-state index contributed by atoms with van der Waals surface area (Å²) in [5, 5.41) is 15.0. The maximum Gasteiger partial charge on any atom is 0.357 e. The van der Waals surface area contributed by atoms with E-state index in [-0.39, 0.29) is 10.6 Å². The quantitative estimate of drug-likeness (QED) is 0.754. The lowest BCUT2D eigenvalue weighted by Gasteiger charge is -2.21. The van der Waals surface area contributed by atoms with Gasteiger partial charge in [0.1, 0.15) is 4.90 Å². The monoisotopic (exact) mass is 313 g/mol. The molecule has 8 heteroatoms. The Labute approximate surface area is 123 Å². The number of nitrogens with one attached hydrogen (secondary N) is 2. The molecule has 0 spiro atoms. The largest absolute Gasteiger partial charge is 0.476 e. The fraction of sp³-hybridized carbons (Fsp3) is 0.692. The highest BCUT2D eigenvalue weighted by molar-refractivity contribution is 7.89. The highest BCUT2D eigenvalue weighted by Crippen LogP contribution is 2.48. The smallest absolute Gasteiger partial charge is 0.357 e. The zero-order valence-corrected chi connectivity index (χ0v) is 12.6. The SMILES string of the molecule is Cc1[nH]nc(C(=O)O)c1S(=O)(=O)NCC1CC2CCC1C2. The zero-order valence-electron chi connectivity index (χ0n) is 11.8. The maximum atomic E-state index is 12.4. The Kier molecular flexibility index (Phi) is 3.53. The lowest BCUT2D eigenvalue weighted by Crippen LogP contribution is -2.32. The van der Waals surface area contributed by atoms with Crippen molar-refractivity contribution in [2.75, 3.05) is 6.54 Å². The second-order valence-corrected chi connectivity index (χ2v) is 7.82. The molecule has 3 rings (SSSR count). The number of fused-ring (bicyclic) bond motifs is 2. The fourth-order valence-electron chi connectivity index (χ4n) is 3.81. The van der Waals surface area contributed by atoms with Crippen molar-refractivity contribution in [3.8, 4) is 0 Å². The Morgan fingerprint density at radius 1 is 1.43 bits per heavy atom. The number of aryl methyl sites for hydroxylation is 1. The van der Waals surface area contributed by atoms with Crippen molar-refractivity contribution in [3.05, 3.63) is 11.4 Å². The second-order valence-electron chi connectivity index (χ2n) is 6.12. The third-order valence-corrected chi connectivity index (χ3v) is 6.37. The molecule has 0 amide bonds. The molecule has 0 aromatic carbocycles. The summed E-state index contributed by atoms with van der Waals surface area (Å²) < 4.78 is 27.3. The molecule has 1 aromatic heterocycles. The Balaban J connectivity index is 1.75. The average Bonchev–Trinajstić information content (AvgIpc) is 3.10. The molecule has 7 nitrogen and oxygen atoms in total.